The first-order valence-electron chi connectivity index (χ1n) is 8.64. The van der Waals surface area contributed by atoms with E-state index in [4.69, 9.17) is 0 Å². The molecule has 2 aromatic carbocycles. The summed E-state index contributed by atoms with van der Waals surface area (Å²) in [5.74, 6) is 1.09. The normalized spacial score (nSPS) is 18.8. The number of amides is 1. The number of anilines is 1. The van der Waals surface area contributed by atoms with E-state index in [0.29, 0.717) is 18.3 Å². The number of carbonyl (C=O) groups excluding carboxylic acids is 1. The van der Waals surface area contributed by atoms with Crippen molar-refractivity contribution in [2.24, 2.45) is 5.92 Å². The Balaban J connectivity index is 1.37. The SMILES string of the molecule is Cc1ccccc1Cn1ccc(NC(=O)C2CC2c2ccccc2)n1. The van der Waals surface area contributed by atoms with Gasteiger partial charge in [-0.15, -0.1) is 0 Å². The zero-order valence-electron chi connectivity index (χ0n) is 14.2. The zero-order valence-corrected chi connectivity index (χ0v) is 14.2. The summed E-state index contributed by atoms with van der Waals surface area (Å²) in [6, 6.07) is 20.4. The van der Waals surface area contributed by atoms with Gasteiger partial charge in [-0.3, -0.25) is 9.48 Å². The van der Waals surface area contributed by atoms with Crippen molar-refractivity contribution in [3.63, 3.8) is 0 Å². The van der Waals surface area contributed by atoms with Gasteiger partial charge in [-0.25, -0.2) is 0 Å². The largest absolute Gasteiger partial charge is 0.309 e. The zero-order chi connectivity index (χ0) is 17.2. The van der Waals surface area contributed by atoms with E-state index < -0.39 is 0 Å². The molecule has 4 rings (SSSR count). The lowest BCUT2D eigenvalue weighted by molar-refractivity contribution is -0.117. The van der Waals surface area contributed by atoms with Gasteiger partial charge < -0.3 is 5.32 Å². The molecule has 2 atom stereocenters. The first kappa shape index (κ1) is 15.6. The average molecular weight is 331 g/mol. The number of nitrogens with zero attached hydrogens (tertiary/aromatic N) is 2. The molecule has 1 aliphatic carbocycles. The minimum atomic E-state index is 0.0592. The standard InChI is InChI=1S/C21H21N3O/c1-15-7-5-6-10-17(15)14-24-12-11-20(23-24)22-21(25)19-13-18(19)16-8-3-2-4-9-16/h2-12,18-19H,13-14H2,1H3,(H,22,23,25). The summed E-state index contributed by atoms with van der Waals surface area (Å²) in [4.78, 5) is 12.4. The minimum absolute atomic E-state index is 0.0592. The van der Waals surface area contributed by atoms with E-state index in [9.17, 15) is 4.79 Å². The maximum Gasteiger partial charge on any atom is 0.229 e. The lowest BCUT2D eigenvalue weighted by Crippen LogP contribution is -2.15. The maximum atomic E-state index is 12.4. The predicted molar refractivity (Wildman–Crippen MR) is 98.4 cm³/mol. The Hall–Kier alpha value is -2.88. The number of hydrogen-bond donors (Lipinski definition) is 1. The van der Waals surface area contributed by atoms with E-state index in [1.54, 1.807) is 0 Å². The van der Waals surface area contributed by atoms with Crippen LogP contribution in [0.5, 0.6) is 0 Å². The molecule has 1 saturated carbocycles. The summed E-state index contributed by atoms with van der Waals surface area (Å²) in [6.45, 7) is 2.80. The fourth-order valence-electron chi connectivity index (χ4n) is 3.25. The van der Waals surface area contributed by atoms with E-state index in [2.05, 4.69) is 41.6 Å². The van der Waals surface area contributed by atoms with Crippen LogP contribution in [0.25, 0.3) is 0 Å². The van der Waals surface area contributed by atoms with Gasteiger partial charge in [-0.1, -0.05) is 54.6 Å². The lowest BCUT2D eigenvalue weighted by atomic mass is 10.1. The minimum Gasteiger partial charge on any atom is -0.309 e. The van der Waals surface area contributed by atoms with E-state index >= 15 is 0 Å². The topological polar surface area (TPSA) is 46.9 Å². The quantitative estimate of drug-likeness (QED) is 0.768. The monoisotopic (exact) mass is 331 g/mol. The van der Waals surface area contributed by atoms with Crippen LogP contribution >= 0.6 is 0 Å². The summed E-state index contributed by atoms with van der Waals surface area (Å²) in [7, 11) is 0. The molecule has 4 nitrogen and oxygen atoms in total. The summed E-state index contributed by atoms with van der Waals surface area (Å²) < 4.78 is 1.86. The predicted octanol–water partition coefficient (Wildman–Crippen LogP) is 3.98. The van der Waals surface area contributed by atoms with Gasteiger partial charge in [0.05, 0.1) is 6.54 Å². The Morgan fingerprint density at radius 1 is 1.12 bits per heavy atom. The molecule has 0 aliphatic heterocycles. The molecule has 0 spiro atoms. The van der Waals surface area contributed by atoms with Gasteiger partial charge in [-0.2, -0.15) is 5.10 Å². The van der Waals surface area contributed by atoms with Crippen LogP contribution in [0.15, 0.2) is 66.9 Å². The Morgan fingerprint density at radius 3 is 2.68 bits per heavy atom. The van der Waals surface area contributed by atoms with Crippen LogP contribution in [0.4, 0.5) is 5.82 Å². The van der Waals surface area contributed by atoms with E-state index in [1.807, 2.05) is 47.3 Å². The number of hydrogen-bond acceptors (Lipinski definition) is 2. The maximum absolute atomic E-state index is 12.4. The molecule has 1 aromatic heterocycles. The number of carbonyl (C=O) groups is 1. The molecule has 1 fully saturated rings. The molecular formula is C21H21N3O. The first-order chi connectivity index (χ1) is 12.2. The number of rotatable bonds is 5. The van der Waals surface area contributed by atoms with Crippen molar-refractivity contribution in [3.8, 4) is 0 Å². The van der Waals surface area contributed by atoms with Crippen molar-refractivity contribution in [3.05, 3.63) is 83.6 Å². The highest BCUT2D eigenvalue weighted by Crippen LogP contribution is 2.47. The molecule has 4 heteroatoms. The molecule has 25 heavy (non-hydrogen) atoms. The fraction of sp³-hybridized carbons (Fsp3) is 0.238. The van der Waals surface area contributed by atoms with Gasteiger partial charge in [0.15, 0.2) is 5.82 Å². The molecule has 0 radical (unpaired) electrons. The van der Waals surface area contributed by atoms with Crippen LogP contribution in [0.2, 0.25) is 0 Å². The Labute approximate surface area is 147 Å². The molecule has 0 saturated heterocycles. The van der Waals surface area contributed by atoms with Crippen molar-refractivity contribution in [2.75, 3.05) is 5.32 Å². The Bertz CT molecular complexity index is 885. The van der Waals surface area contributed by atoms with E-state index in [-0.39, 0.29) is 11.8 Å². The second-order valence-electron chi connectivity index (χ2n) is 6.67. The van der Waals surface area contributed by atoms with Crippen LogP contribution < -0.4 is 5.32 Å². The van der Waals surface area contributed by atoms with Gasteiger partial charge in [0.1, 0.15) is 0 Å². The number of aryl methyl sites for hydroxylation is 1. The number of benzene rings is 2. The van der Waals surface area contributed by atoms with Crippen LogP contribution in [0, 0.1) is 12.8 Å². The molecule has 2 unspecified atom stereocenters. The molecule has 0 bridgehead atoms. The third-order valence-corrected chi connectivity index (χ3v) is 4.84. The first-order valence-corrected chi connectivity index (χ1v) is 8.64. The van der Waals surface area contributed by atoms with Gasteiger partial charge in [-0.05, 0) is 36.0 Å². The van der Waals surface area contributed by atoms with Crippen molar-refractivity contribution in [2.45, 2.75) is 25.8 Å². The molecular weight excluding hydrogens is 310 g/mol. The van der Waals surface area contributed by atoms with Gasteiger partial charge in [0.2, 0.25) is 5.91 Å². The summed E-state index contributed by atoms with van der Waals surface area (Å²) in [6.07, 6.45) is 2.82. The van der Waals surface area contributed by atoms with Crippen molar-refractivity contribution in [1.82, 2.24) is 9.78 Å². The highest BCUT2D eigenvalue weighted by atomic mass is 16.2. The Morgan fingerprint density at radius 2 is 1.88 bits per heavy atom. The van der Waals surface area contributed by atoms with Gasteiger partial charge >= 0.3 is 0 Å². The highest BCUT2D eigenvalue weighted by Gasteiger charge is 2.43. The molecule has 3 aromatic rings. The molecule has 126 valence electrons. The molecule has 1 aliphatic rings. The Kier molecular flexibility index (Phi) is 4.10. The van der Waals surface area contributed by atoms with Gasteiger partial charge in [0.25, 0.3) is 0 Å². The number of aromatic nitrogens is 2. The fourth-order valence-corrected chi connectivity index (χ4v) is 3.25. The van der Waals surface area contributed by atoms with Crippen LogP contribution in [-0.2, 0) is 11.3 Å². The summed E-state index contributed by atoms with van der Waals surface area (Å²) >= 11 is 0. The molecule has 1 heterocycles. The third-order valence-electron chi connectivity index (χ3n) is 4.84. The lowest BCUT2D eigenvalue weighted by Gasteiger charge is -2.05. The van der Waals surface area contributed by atoms with Crippen LogP contribution in [-0.4, -0.2) is 15.7 Å². The second-order valence-corrected chi connectivity index (χ2v) is 6.67. The van der Waals surface area contributed by atoms with Crippen molar-refractivity contribution >= 4 is 11.7 Å². The number of nitrogens with one attached hydrogen (secondary N) is 1. The van der Waals surface area contributed by atoms with Crippen LogP contribution in [0.1, 0.15) is 29.0 Å². The van der Waals surface area contributed by atoms with Gasteiger partial charge in [0, 0.05) is 18.2 Å². The van der Waals surface area contributed by atoms with E-state index in [1.165, 1.54) is 16.7 Å². The van der Waals surface area contributed by atoms with Crippen molar-refractivity contribution < 1.29 is 4.79 Å². The molecule has 1 amide bonds. The summed E-state index contributed by atoms with van der Waals surface area (Å²) in [5, 5.41) is 7.43. The average Bonchev–Trinajstić information content (AvgIpc) is 3.33. The van der Waals surface area contributed by atoms with E-state index in [0.717, 1.165) is 6.42 Å². The third kappa shape index (κ3) is 3.48. The summed E-state index contributed by atoms with van der Waals surface area (Å²) in [5.41, 5.74) is 3.72. The smallest absolute Gasteiger partial charge is 0.229 e. The second kappa shape index (κ2) is 6.55. The van der Waals surface area contributed by atoms with Crippen LogP contribution in [0.3, 0.4) is 0 Å². The highest BCUT2D eigenvalue weighted by molar-refractivity contribution is 5.94. The molecule has 1 N–H and O–H groups in total. The van der Waals surface area contributed by atoms with Crippen molar-refractivity contribution in [1.29, 1.82) is 0 Å².